The number of hydrogen-bond acceptors (Lipinski definition) is 3. The Morgan fingerprint density at radius 2 is 1.96 bits per heavy atom. The van der Waals surface area contributed by atoms with Crippen LogP contribution in [0, 0.1) is 11.3 Å². The summed E-state index contributed by atoms with van der Waals surface area (Å²) >= 11 is 0. The largest absolute Gasteiger partial charge is 0.401 e. The van der Waals surface area contributed by atoms with E-state index in [1.54, 1.807) is 14.2 Å². The summed E-state index contributed by atoms with van der Waals surface area (Å²) in [4.78, 5) is 5.62. The summed E-state index contributed by atoms with van der Waals surface area (Å²) in [6, 6.07) is 0. The first-order valence-electron chi connectivity index (χ1n) is 8.31. The van der Waals surface area contributed by atoms with Crippen molar-refractivity contribution in [3.8, 4) is 0 Å². The molecule has 0 spiro atoms. The highest BCUT2D eigenvalue weighted by Crippen LogP contribution is 2.22. The monoisotopic (exact) mass is 352 g/mol. The molecular weight excluding hydrogens is 321 g/mol. The van der Waals surface area contributed by atoms with Crippen LogP contribution in [0.4, 0.5) is 13.2 Å². The van der Waals surface area contributed by atoms with Gasteiger partial charge in [-0.2, -0.15) is 13.2 Å². The maximum atomic E-state index is 12.4. The summed E-state index contributed by atoms with van der Waals surface area (Å²) in [7, 11) is 3.36. The van der Waals surface area contributed by atoms with Crippen LogP contribution in [0.3, 0.4) is 0 Å². The summed E-state index contributed by atoms with van der Waals surface area (Å²) < 4.78 is 42.7. The molecular formula is C16H31F3N4O. The molecule has 8 heteroatoms. The number of methoxy groups -OCH3 is 1. The number of guanidine groups is 1. The topological polar surface area (TPSA) is 48.9 Å². The maximum Gasteiger partial charge on any atom is 0.401 e. The Kier molecular flexibility index (Phi) is 7.79. The summed E-state index contributed by atoms with van der Waals surface area (Å²) in [5, 5.41) is 6.42. The third kappa shape index (κ3) is 7.70. The molecule has 2 atom stereocenters. The van der Waals surface area contributed by atoms with Gasteiger partial charge in [0.15, 0.2) is 5.96 Å². The number of alkyl halides is 3. The molecule has 2 N–H and O–H groups in total. The van der Waals surface area contributed by atoms with Crippen molar-refractivity contribution >= 4 is 5.96 Å². The lowest BCUT2D eigenvalue weighted by Crippen LogP contribution is -2.46. The van der Waals surface area contributed by atoms with Crippen LogP contribution in [-0.4, -0.2) is 70.0 Å². The van der Waals surface area contributed by atoms with Crippen molar-refractivity contribution in [3.05, 3.63) is 0 Å². The fourth-order valence-corrected chi connectivity index (χ4v) is 2.87. The molecule has 0 radical (unpaired) electrons. The molecule has 0 aliphatic carbocycles. The van der Waals surface area contributed by atoms with Crippen LogP contribution in [0.5, 0.6) is 0 Å². The second kappa shape index (κ2) is 8.89. The number of nitrogens with zero attached hydrogens (tertiary/aromatic N) is 2. The number of halogens is 3. The number of rotatable bonds is 6. The van der Waals surface area contributed by atoms with E-state index in [-0.39, 0.29) is 17.4 Å². The number of nitrogens with one attached hydrogen (secondary N) is 2. The molecule has 5 nitrogen and oxygen atoms in total. The molecule has 1 rings (SSSR count). The third-order valence-corrected chi connectivity index (χ3v) is 4.26. The standard InChI is InChI=1S/C16H31F3N4O/c1-15(2,3)13(24-5)9-22-14(20-4)21-8-12-6-7-23(10-12)11-16(17,18)19/h12-13H,6-11H2,1-5H3,(H2,20,21,22). The van der Waals surface area contributed by atoms with E-state index in [4.69, 9.17) is 4.74 Å². The number of hydrogen-bond donors (Lipinski definition) is 2. The zero-order valence-electron chi connectivity index (χ0n) is 15.3. The lowest BCUT2D eigenvalue weighted by atomic mass is 9.89. The second-order valence-corrected chi connectivity index (χ2v) is 7.43. The van der Waals surface area contributed by atoms with Gasteiger partial charge in [-0.05, 0) is 24.3 Å². The van der Waals surface area contributed by atoms with E-state index in [1.165, 1.54) is 4.90 Å². The zero-order chi connectivity index (χ0) is 18.4. The van der Waals surface area contributed by atoms with Crippen LogP contribution >= 0.6 is 0 Å². The van der Waals surface area contributed by atoms with Gasteiger partial charge in [-0.25, -0.2) is 0 Å². The predicted molar refractivity (Wildman–Crippen MR) is 90.2 cm³/mol. The lowest BCUT2D eigenvalue weighted by Gasteiger charge is -2.30. The highest BCUT2D eigenvalue weighted by Gasteiger charge is 2.34. The molecule has 24 heavy (non-hydrogen) atoms. The number of aliphatic imine (C=N–C) groups is 1. The molecule has 0 amide bonds. The van der Waals surface area contributed by atoms with E-state index < -0.39 is 12.7 Å². The van der Waals surface area contributed by atoms with Gasteiger partial charge in [0, 0.05) is 33.8 Å². The van der Waals surface area contributed by atoms with E-state index in [9.17, 15) is 13.2 Å². The summed E-state index contributed by atoms with van der Waals surface area (Å²) in [5.74, 6) is 0.849. The van der Waals surface area contributed by atoms with E-state index in [0.29, 0.717) is 32.1 Å². The van der Waals surface area contributed by atoms with Gasteiger partial charge in [-0.3, -0.25) is 9.89 Å². The SMILES string of the molecule is CN=C(NCC1CCN(CC(F)(F)F)C1)NCC(OC)C(C)(C)C. The highest BCUT2D eigenvalue weighted by molar-refractivity contribution is 5.79. The highest BCUT2D eigenvalue weighted by atomic mass is 19.4. The lowest BCUT2D eigenvalue weighted by molar-refractivity contribution is -0.143. The number of likely N-dealkylation sites (tertiary alicyclic amines) is 1. The fourth-order valence-electron chi connectivity index (χ4n) is 2.87. The molecule has 0 aromatic carbocycles. The molecule has 1 fully saturated rings. The minimum Gasteiger partial charge on any atom is -0.379 e. The summed E-state index contributed by atoms with van der Waals surface area (Å²) in [6.07, 6.45) is -3.32. The van der Waals surface area contributed by atoms with Crippen molar-refractivity contribution in [2.75, 3.05) is 46.9 Å². The Morgan fingerprint density at radius 3 is 2.46 bits per heavy atom. The van der Waals surface area contributed by atoms with Crippen molar-refractivity contribution < 1.29 is 17.9 Å². The zero-order valence-corrected chi connectivity index (χ0v) is 15.3. The van der Waals surface area contributed by atoms with Crippen molar-refractivity contribution in [2.45, 2.75) is 39.5 Å². The Hall–Kier alpha value is -1.02. The van der Waals surface area contributed by atoms with Crippen LogP contribution < -0.4 is 10.6 Å². The van der Waals surface area contributed by atoms with E-state index >= 15 is 0 Å². The van der Waals surface area contributed by atoms with E-state index in [2.05, 4.69) is 36.4 Å². The van der Waals surface area contributed by atoms with Crippen LogP contribution in [0.1, 0.15) is 27.2 Å². The minimum absolute atomic E-state index is 0.00412. The first-order valence-corrected chi connectivity index (χ1v) is 8.31. The molecule has 142 valence electrons. The van der Waals surface area contributed by atoms with Gasteiger partial charge in [0.1, 0.15) is 0 Å². The van der Waals surface area contributed by atoms with Gasteiger partial charge in [0.05, 0.1) is 12.6 Å². The number of ether oxygens (including phenoxy) is 1. The normalized spacial score (nSPS) is 21.8. The molecule has 0 aromatic heterocycles. The van der Waals surface area contributed by atoms with Crippen molar-refractivity contribution in [1.82, 2.24) is 15.5 Å². The quantitative estimate of drug-likeness (QED) is 0.568. The Balaban J connectivity index is 2.35. The average Bonchev–Trinajstić information content (AvgIpc) is 2.86. The first-order chi connectivity index (χ1) is 11.0. The van der Waals surface area contributed by atoms with E-state index in [0.717, 1.165) is 6.42 Å². The van der Waals surface area contributed by atoms with Gasteiger partial charge >= 0.3 is 6.18 Å². The summed E-state index contributed by atoms with van der Waals surface area (Å²) in [6.45, 7) is 7.68. The van der Waals surface area contributed by atoms with E-state index in [1.807, 2.05) is 0 Å². The van der Waals surface area contributed by atoms with Crippen molar-refractivity contribution in [3.63, 3.8) is 0 Å². The van der Waals surface area contributed by atoms with Crippen molar-refractivity contribution in [2.24, 2.45) is 16.3 Å². The Bertz CT molecular complexity index is 407. The van der Waals surface area contributed by atoms with Crippen molar-refractivity contribution in [1.29, 1.82) is 0 Å². The molecule has 2 unspecified atom stereocenters. The smallest absolute Gasteiger partial charge is 0.379 e. The van der Waals surface area contributed by atoms with Gasteiger partial charge in [0.25, 0.3) is 0 Å². The molecule has 0 saturated carbocycles. The predicted octanol–water partition coefficient (Wildman–Crippen LogP) is 2.10. The van der Waals surface area contributed by atoms with Gasteiger partial charge < -0.3 is 15.4 Å². The molecule has 1 aliphatic rings. The second-order valence-electron chi connectivity index (χ2n) is 7.43. The molecule has 0 aromatic rings. The first kappa shape index (κ1) is 21.0. The van der Waals surface area contributed by atoms with Gasteiger partial charge in [-0.1, -0.05) is 20.8 Å². The molecule has 1 aliphatic heterocycles. The average molecular weight is 352 g/mol. The van der Waals surface area contributed by atoms with Crippen LogP contribution in [-0.2, 0) is 4.74 Å². The molecule has 1 heterocycles. The third-order valence-electron chi connectivity index (χ3n) is 4.26. The fraction of sp³-hybridized carbons (Fsp3) is 0.938. The Morgan fingerprint density at radius 1 is 1.29 bits per heavy atom. The summed E-state index contributed by atoms with van der Waals surface area (Å²) in [5.41, 5.74) is 0.00412. The maximum absolute atomic E-state index is 12.4. The van der Waals surface area contributed by atoms with Crippen LogP contribution in [0.2, 0.25) is 0 Å². The molecule has 1 saturated heterocycles. The molecule has 0 bridgehead atoms. The minimum atomic E-state index is -4.12. The Labute approximate surface area is 143 Å². The van der Waals surface area contributed by atoms with Gasteiger partial charge in [-0.15, -0.1) is 0 Å². The van der Waals surface area contributed by atoms with Gasteiger partial charge in [0.2, 0.25) is 0 Å². The van der Waals surface area contributed by atoms with Crippen LogP contribution in [0.25, 0.3) is 0 Å². The van der Waals surface area contributed by atoms with Crippen LogP contribution in [0.15, 0.2) is 4.99 Å².